The number of hydrogen-bond donors (Lipinski definition) is 1. The third kappa shape index (κ3) is 5.81. The molecule has 0 aliphatic rings. The van der Waals surface area contributed by atoms with Crippen LogP contribution in [-0.4, -0.2) is 51.0 Å². The van der Waals surface area contributed by atoms with Crippen molar-refractivity contribution in [3.05, 3.63) is 0 Å². The Kier molecular flexibility index (Phi) is 5.24. The molecule has 1 N–H and O–H groups in total. The average Bonchev–Trinajstić information content (AvgIpc) is 1.97. The second kappa shape index (κ2) is 5.39. The first kappa shape index (κ1) is 12.6. The van der Waals surface area contributed by atoms with Gasteiger partial charge in [0, 0.05) is 13.1 Å². The van der Waals surface area contributed by atoms with E-state index in [0.29, 0.717) is 6.54 Å². The maximum atomic E-state index is 12.2. The minimum atomic E-state index is -3.92. The molecule has 0 aliphatic heterocycles. The first-order valence-corrected chi connectivity index (χ1v) is 3.87. The lowest BCUT2D eigenvalue weighted by atomic mass is 10.3. The van der Waals surface area contributed by atoms with Crippen molar-refractivity contribution < 1.29 is 17.6 Å². The van der Waals surface area contributed by atoms with Gasteiger partial charge in [0.15, 0.2) is 0 Å². The Labute approximate surface area is 74.9 Å². The van der Waals surface area contributed by atoms with Crippen molar-refractivity contribution in [2.45, 2.75) is 12.3 Å². The van der Waals surface area contributed by atoms with Gasteiger partial charge in [0.25, 0.3) is 0 Å². The molecule has 2 nitrogen and oxygen atoms in total. The van der Waals surface area contributed by atoms with E-state index in [4.69, 9.17) is 0 Å². The number of nitrogens with zero attached hydrogens (tertiary/aromatic N) is 1. The van der Waals surface area contributed by atoms with Crippen LogP contribution < -0.4 is 5.32 Å². The van der Waals surface area contributed by atoms with Crippen LogP contribution in [0.4, 0.5) is 17.6 Å². The van der Waals surface area contributed by atoms with Crippen LogP contribution in [0.15, 0.2) is 0 Å². The van der Waals surface area contributed by atoms with Crippen LogP contribution in [0.25, 0.3) is 0 Å². The smallest absolute Gasteiger partial charge is 0.310 e. The summed E-state index contributed by atoms with van der Waals surface area (Å²) in [5, 5.41) is 2.27. The molecule has 0 heterocycles. The molecule has 0 rings (SSSR count). The van der Waals surface area contributed by atoms with Gasteiger partial charge in [0.1, 0.15) is 0 Å². The lowest BCUT2D eigenvalue weighted by Crippen LogP contribution is -2.40. The Morgan fingerprint density at radius 1 is 1.31 bits per heavy atom. The van der Waals surface area contributed by atoms with Gasteiger partial charge in [-0.05, 0) is 14.1 Å². The normalized spacial score (nSPS) is 12.9. The summed E-state index contributed by atoms with van der Waals surface area (Å²) >= 11 is 0. The summed E-state index contributed by atoms with van der Waals surface area (Å²) in [6, 6.07) is 0. The largest absolute Gasteiger partial charge is 0.319 e. The number of rotatable bonds is 6. The standard InChI is InChI=1S/C7H14F4N2/c1-13(2)4-3-12-5-7(10,11)6(8)9/h6,12H,3-5H2,1-2H3. The summed E-state index contributed by atoms with van der Waals surface area (Å²) in [4.78, 5) is 1.77. The van der Waals surface area contributed by atoms with Gasteiger partial charge in [-0.25, -0.2) is 8.78 Å². The molecule has 0 fully saturated rings. The highest BCUT2D eigenvalue weighted by Gasteiger charge is 2.39. The molecule has 0 saturated heterocycles. The molecule has 80 valence electrons. The lowest BCUT2D eigenvalue weighted by Gasteiger charge is -2.16. The van der Waals surface area contributed by atoms with E-state index in [9.17, 15) is 17.6 Å². The van der Waals surface area contributed by atoms with Crippen molar-refractivity contribution in [3.63, 3.8) is 0 Å². The fraction of sp³-hybridized carbons (Fsp3) is 1.00. The van der Waals surface area contributed by atoms with Crippen molar-refractivity contribution >= 4 is 0 Å². The molecule has 0 radical (unpaired) electrons. The monoisotopic (exact) mass is 202 g/mol. The summed E-state index contributed by atoms with van der Waals surface area (Å²) in [7, 11) is 3.54. The Morgan fingerprint density at radius 2 is 1.85 bits per heavy atom. The zero-order valence-electron chi connectivity index (χ0n) is 7.66. The van der Waals surface area contributed by atoms with Crippen LogP contribution in [0, 0.1) is 0 Å². The van der Waals surface area contributed by atoms with Crippen molar-refractivity contribution in [1.82, 2.24) is 10.2 Å². The zero-order valence-corrected chi connectivity index (χ0v) is 7.66. The molecule has 6 heteroatoms. The summed E-state index contributed by atoms with van der Waals surface area (Å²) in [5.74, 6) is -3.92. The van der Waals surface area contributed by atoms with E-state index in [1.807, 2.05) is 0 Å². The SMILES string of the molecule is CN(C)CCNCC(F)(F)C(F)F. The van der Waals surface area contributed by atoms with E-state index in [-0.39, 0.29) is 6.54 Å². The number of alkyl halides is 4. The van der Waals surface area contributed by atoms with Crippen LogP contribution in [0.3, 0.4) is 0 Å². The van der Waals surface area contributed by atoms with Gasteiger partial charge < -0.3 is 10.2 Å². The van der Waals surface area contributed by atoms with E-state index in [1.165, 1.54) is 0 Å². The number of nitrogens with one attached hydrogen (secondary N) is 1. The van der Waals surface area contributed by atoms with Gasteiger partial charge in [0.05, 0.1) is 6.54 Å². The lowest BCUT2D eigenvalue weighted by molar-refractivity contribution is -0.125. The van der Waals surface area contributed by atoms with Gasteiger partial charge in [-0.1, -0.05) is 0 Å². The molecule has 13 heavy (non-hydrogen) atoms. The highest BCUT2D eigenvalue weighted by Crippen LogP contribution is 2.21. The quantitative estimate of drug-likeness (QED) is 0.511. The van der Waals surface area contributed by atoms with E-state index in [2.05, 4.69) is 5.32 Å². The fourth-order valence-corrected chi connectivity index (χ4v) is 0.635. The first-order chi connectivity index (χ1) is 5.86. The third-order valence-electron chi connectivity index (χ3n) is 1.42. The Hall–Kier alpha value is -0.360. The molecule has 0 unspecified atom stereocenters. The molecule has 0 bridgehead atoms. The Morgan fingerprint density at radius 3 is 2.23 bits per heavy atom. The highest BCUT2D eigenvalue weighted by atomic mass is 19.3. The molecular weight excluding hydrogens is 188 g/mol. The van der Waals surface area contributed by atoms with E-state index in [1.54, 1.807) is 19.0 Å². The maximum absolute atomic E-state index is 12.2. The van der Waals surface area contributed by atoms with Crippen LogP contribution in [-0.2, 0) is 0 Å². The van der Waals surface area contributed by atoms with Gasteiger partial charge in [-0.2, -0.15) is 8.78 Å². The first-order valence-electron chi connectivity index (χ1n) is 3.87. The van der Waals surface area contributed by atoms with Crippen LogP contribution >= 0.6 is 0 Å². The predicted octanol–water partition coefficient (Wildman–Crippen LogP) is 1.04. The minimum Gasteiger partial charge on any atom is -0.310 e. The van der Waals surface area contributed by atoms with E-state index < -0.39 is 18.9 Å². The molecule has 0 aromatic heterocycles. The zero-order chi connectivity index (χ0) is 10.5. The summed E-state index contributed by atoms with van der Waals surface area (Å²) in [5.41, 5.74) is 0. The predicted molar refractivity (Wildman–Crippen MR) is 42.4 cm³/mol. The van der Waals surface area contributed by atoms with Crippen molar-refractivity contribution in [2.24, 2.45) is 0 Å². The topological polar surface area (TPSA) is 15.3 Å². The third-order valence-corrected chi connectivity index (χ3v) is 1.42. The molecule has 0 aromatic carbocycles. The number of likely N-dealkylation sites (N-methyl/N-ethyl adjacent to an activating group) is 1. The molecule has 0 aliphatic carbocycles. The van der Waals surface area contributed by atoms with E-state index in [0.717, 1.165) is 0 Å². The number of hydrogen-bond acceptors (Lipinski definition) is 2. The average molecular weight is 202 g/mol. The van der Waals surface area contributed by atoms with Crippen molar-refractivity contribution in [2.75, 3.05) is 33.7 Å². The fourth-order valence-electron chi connectivity index (χ4n) is 0.635. The molecule has 0 aromatic rings. The molecule has 0 spiro atoms. The van der Waals surface area contributed by atoms with Gasteiger partial charge in [-0.3, -0.25) is 0 Å². The van der Waals surface area contributed by atoms with Gasteiger partial charge in [0.2, 0.25) is 0 Å². The van der Waals surface area contributed by atoms with E-state index >= 15 is 0 Å². The van der Waals surface area contributed by atoms with Crippen LogP contribution in [0.5, 0.6) is 0 Å². The Bertz CT molecular complexity index is 138. The summed E-state index contributed by atoms with van der Waals surface area (Å²) in [6.07, 6.45) is -3.60. The molecule has 0 saturated carbocycles. The van der Waals surface area contributed by atoms with Crippen molar-refractivity contribution in [1.29, 1.82) is 0 Å². The summed E-state index contributed by atoms with van der Waals surface area (Å²) < 4.78 is 47.7. The van der Waals surface area contributed by atoms with Gasteiger partial charge in [-0.15, -0.1) is 0 Å². The minimum absolute atomic E-state index is 0.273. The summed E-state index contributed by atoms with van der Waals surface area (Å²) in [6.45, 7) is -0.160. The Balaban J connectivity index is 3.52. The molecular formula is C7H14F4N2. The second-order valence-corrected chi connectivity index (χ2v) is 3.04. The van der Waals surface area contributed by atoms with Crippen LogP contribution in [0.2, 0.25) is 0 Å². The second-order valence-electron chi connectivity index (χ2n) is 3.04. The number of halogens is 4. The maximum Gasteiger partial charge on any atom is 0.319 e. The van der Waals surface area contributed by atoms with Crippen LogP contribution in [0.1, 0.15) is 0 Å². The molecule has 0 atom stereocenters. The highest BCUT2D eigenvalue weighted by molar-refractivity contribution is 4.72. The van der Waals surface area contributed by atoms with Crippen molar-refractivity contribution in [3.8, 4) is 0 Å². The van der Waals surface area contributed by atoms with Gasteiger partial charge >= 0.3 is 12.3 Å². The molecule has 0 amide bonds.